The number of nitrogens with zero attached hydrogens (tertiary/aromatic N) is 5. The Morgan fingerprint density at radius 2 is 2.16 bits per heavy atom. The van der Waals surface area contributed by atoms with Gasteiger partial charge < -0.3 is 10.2 Å². The average molecular weight is 338 g/mol. The zero-order valence-corrected chi connectivity index (χ0v) is 13.8. The number of aryl methyl sites for hydroxylation is 1. The minimum absolute atomic E-state index is 0.111. The second-order valence-electron chi connectivity index (χ2n) is 5.80. The van der Waals surface area contributed by atoms with E-state index in [-0.39, 0.29) is 11.6 Å². The highest BCUT2D eigenvalue weighted by Crippen LogP contribution is 2.16. The van der Waals surface area contributed by atoms with E-state index in [9.17, 15) is 9.59 Å². The summed E-state index contributed by atoms with van der Waals surface area (Å²) in [5.74, 6) is -0.501. The quantitative estimate of drug-likeness (QED) is 0.864. The van der Waals surface area contributed by atoms with Crippen LogP contribution >= 0.6 is 0 Å². The molecule has 3 rings (SSSR count). The number of nitrogens with one attached hydrogen (secondary N) is 1. The van der Waals surface area contributed by atoms with E-state index >= 15 is 0 Å². The second-order valence-corrected chi connectivity index (χ2v) is 5.80. The van der Waals surface area contributed by atoms with Crippen LogP contribution in [0.15, 0.2) is 30.5 Å². The number of aromatic nitrogens is 3. The molecule has 128 valence electrons. The van der Waals surface area contributed by atoms with Crippen molar-refractivity contribution in [1.29, 1.82) is 5.26 Å². The van der Waals surface area contributed by atoms with E-state index in [2.05, 4.69) is 21.6 Å². The van der Waals surface area contributed by atoms with Crippen molar-refractivity contribution in [2.75, 3.05) is 6.54 Å². The van der Waals surface area contributed by atoms with Crippen molar-refractivity contribution in [3.63, 3.8) is 0 Å². The third-order valence-corrected chi connectivity index (χ3v) is 4.11. The summed E-state index contributed by atoms with van der Waals surface area (Å²) in [5, 5.41) is 19.5. The maximum atomic E-state index is 12.5. The van der Waals surface area contributed by atoms with Crippen LogP contribution in [0.1, 0.15) is 35.0 Å². The number of amides is 2. The molecule has 1 fully saturated rings. The Morgan fingerprint density at radius 3 is 2.80 bits per heavy atom. The Kier molecular flexibility index (Phi) is 4.75. The zero-order valence-electron chi connectivity index (χ0n) is 13.8. The highest BCUT2D eigenvalue weighted by Gasteiger charge is 2.33. The summed E-state index contributed by atoms with van der Waals surface area (Å²) < 4.78 is 0. The third-order valence-electron chi connectivity index (χ3n) is 4.11. The molecule has 25 heavy (non-hydrogen) atoms. The SMILES string of the molecule is CCn1ncc(C(=O)NC2CCN(Cc3ccc(C#N)cc3)C2=O)n1. The lowest BCUT2D eigenvalue weighted by molar-refractivity contribution is -0.129. The van der Waals surface area contributed by atoms with Gasteiger partial charge in [-0.3, -0.25) is 9.59 Å². The number of carbonyl (C=O) groups is 2. The first-order valence-corrected chi connectivity index (χ1v) is 8.09. The van der Waals surface area contributed by atoms with Gasteiger partial charge in [0.05, 0.1) is 24.4 Å². The van der Waals surface area contributed by atoms with E-state index in [1.807, 2.05) is 19.1 Å². The van der Waals surface area contributed by atoms with E-state index in [1.54, 1.807) is 17.0 Å². The average Bonchev–Trinajstić information content (AvgIpc) is 3.24. The van der Waals surface area contributed by atoms with Crippen molar-refractivity contribution in [2.24, 2.45) is 0 Å². The van der Waals surface area contributed by atoms with Crippen LogP contribution in [0, 0.1) is 11.3 Å². The standard InChI is InChI=1S/C17H18N6O2/c1-2-23-19-10-15(21-23)16(24)20-14-7-8-22(17(14)25)11-13-5-3-12(9-18)4-6-13/h3-6,10,14H,2,7-8,11H2,1H3,(H,20,24). The molecule has 2 heterocycles. The molecule has 8 heteroatoms. The molecule has 1 N–H and O–H groups in total. The van der Waals surface area contributed by atoms with Crippen molar-refractivity contribution < 1.29 is 9.59 Å². The van der Waals surface area contributed by atoms with E-state index in [4.69, 9.17) is 5.26 Å². The molecular weight excluding hydrogens is 320 g/mol. The maximum absolute atomic E-state index is 12.5. The highest BCUT2D eigenvalue weighted by atomic mass is 16.2. The summed E-state index contributed by atoms with van der Waals surface area (Å²) in [6.07, 6.45) is 1.95. The molecule has 2 aromatic rings. The summed E-state index contributed by atoms with van der Waals surface area (Å²) in [7, 11) is 0. The molecule has 1 saturated heterocycles. The number of hydrogen-bond donors (Lipinski definition) is 1. The number of hydrogen-bond acceptors (Lipinski definition) is 5. The molecule has 1 unspecified atom stereocenters. The highest BCUT2D eigenvalue weighted by molar-refractivity contribution is 5.96. The first kappa shape index (κ1) is 16.6. The molecule has 0 aliphatic carbocycles. The molecule has 0 saturated carbocycles. The smallest absolute Gasteiger partial charge is 0.274 e. The Morgan fingerprint density at radius 1 is 1.40 bits per heavy atom. The number of likely N-dealkylation sites (tertiary alicyclic amines) is 1. The number of nitriles is 1. The van der Waals surface area contributed by atoms with Crippen LogP contribution < -0.4 is 5.32 Å². The molecule has 2 amide bonds. The summed E-state index contributed by atoms with van der Waals surface area (Å²) in [5.41, 5.74) is 1.74. The van der Waals surface area contributed by atoms with Crippen LogP contribution in [-0.4, -0.2) is 44.3 Å². The largest absolute Gasteiger partial charge is 0.339 e. The van der Waals surface area contributed by atoms with Gasteiger partial charge >= 0.3 is 0 Å². The number of benzene rings is 1. The lowest BCUT2D eigenvalue weighted by Crippen LogP contribution is -2.41. The molecule has 1 aromatic carbocycles. The number of rotatable bonds is 5. The van der Waals surface area contributed by atoms with Crippen LogP contribution in [0.4, 0.5) is 0 Å². The van der Waals surface area contributed by atoms with Gasteiger partial charge in [-0.2, -0.15) is 15.2 Å². The van der Waals surface area contributed by atoms with E-state index < -0.39 is 11.9 Å². The topological polar surface area (TPSA) is 104 Å². The minimum atomic E-state index is -0.544. The zero-order chi connectivity index (χ0) is 17.8. The second kappa shape index (κ2) is 7.13. The van der Waals surface area contributed by atoms with Crippen LogP contribution in [0.3, 0.4) is 0 Å². The Labute approximate surface area is 145 Å². The minimum Gasteiger partial charge on any atom is -0.339 e. The Hall–Kier alpha value is -3.21. The molecule has 8 nitrogen and oxygen atoms in total. The lowest BCUT2D eigenvalue weighted by Gasteiger charge is -2.17. The van der Waals surface area contributed by atoms with Gasteiger partial charge in [-0.15, -0.1) is 5.10 Å². The number of carbonyl (C=O) groups excluding carboxylic acids is 2. The Balaban J connectivity index is 1.59. The monoisotopic (exact) mass is 338 g/mol. The van der Waals surface area contributed by atoms with Crippen LogP contribution in [-0.2, 0) is 17.9 Å². The fourth-order valence-corrected chi connectivity index (χ4v) is 2.72. The molecule has 0 radical (unpaired) electrons. The summed E-state index contributed by atoms with van der Waals surface area (Å²) in [6, 6.07) is 8.65. The lowest BCUT2D eigenvalue weighted by atomic mass is 10.1. The van der Waals surface area contributed by atoms with E-state index in [1.165, 1.54) is 11.0 Å². The van der Waals surface area contributed by atoms with Gasteiger partial charge in [0.1, 0.15) is 6.04 Å². The molecule has 0 bridgehead atoms. The molecule has 1 atom stereocenters. The Bertz CT molecular complexity index is 820. The fraction of sp³-hybridized carbons (Fsp3) is 0.353. The molecule has 0 spiro atoms. The predicted octanol–water partition coefficient (Wildman–Crippen LogP) is 0.701. The van der Waals surface area contributed by atoms with Crippen molar-refractivity contribution >= 4 is 11.8 Å². The van der Waals surface area contributed by atoms with Gasteiger partial charge in [0.15, 0.2) is 5.69 Å². The maximum Gasteiger partial charge on any atom is 0.274 e. The van der Waals surface area contributed by atoms with Crippen LogP contribution in [0.2, 0.25) is 0 Å². The van der Waals surface area contributed by atoms with Gasteiger partial charge in [0, 0.05) is 13.1 Å². The summed E-state index contributed by atoms with van der Waals surface area (Å²) >= 11 is 0. The van der Waals surface area contributed by atoms with Gasteiger partial charge in [-0.05, 0) is 31.0 Å². The normalized spacial score (nSPS) is 16.7. The third kappa shape index (κ3) is 3.66. The van der Waals surface area contributed by atoms with Crippen LogP contribution in [0.5, 0.6) is 0 Å². The fourth-order valence-electron chi connectivity index (χ4n) is 2.72. The van der Waals surface area contributed by atoms with E-state index in [0.717, 1.165) is 5.56 Å². The first-order chi connectivity index (χ1) is 12.1. The van der Waals surface area contributed by atoms with Crippen molar-refractivity contribution in [3.05, 3.63) is 47.3 Å². The summed E-state index contributed by atoms with van der Waals surface area (Å²) in [6.45, 7) is 3.49. The summed E-state index contributed by atoms with van der Waals surface area (Å²) in [4.78, 5) is 27.8. The van der Waals surface area contributed by atoms with Gasteiger partial charge in [0.2, 0.25) is 5.91 Å². The van der Waals surface area contributed by atoms with Crippen molar-refractivity contribution in [3.8, 4) is 6.07 Å². The van der Waals surface area contributed by atoms with Crippen molar-refractivity contribution in [1.82, 2.24) is 25.2 Å². The predicted molar refractivity (Wildman–Crippen MR) is 88.1 cm³/mol. The molecule has 1 aromatic heterocycles. The molecular formula is C17H18N6O2. The molecule has 1 aliphatic rings. The van der Waals surface area contributed by atoms with Gasteiger partial charge in [-0.25, -0.2) is 0 Å². The molecule has 1 aliphatic heterocycles. The van der Waals surface area contributed by atoms with Gasteiger partial charge in [-0.1, -0.05) is 12.1 Å². The van der Waals surface area contributed by atoms with E-state index in [0.29, 0.717) is 31.6 Å². The first-order valence-electron chi connectivity index (χ1n) is 8.09. The van der Waals surface area contributed by atoms with Gasteiger partial charge in [0.25, 0.3) is 5.91 Å². The van der Waals surface area contributed by atoms with Crippen LogP contribution in [0.25, 0.3) is 0 Å². The van der Waals surface area contributed by atoms with Crippen molar-refractivity contribution in [2.45, 2.75) is 32.5 Å².